The summed E-state index contributed by atoms with van der Waals surface area (Å²) in [5.41, 5.74) is 6.01. The Balaban J connectivity index is 1.90. The van der Waals surface area contributed by atoms with E-state index in [1.165, 1.54) is 6.07 Å². The normalized spacial score (nSPS) is 17.9. The second-order valence-corrected chi connectivity index (χ2v) is 4.42. The van der Waals surface area contributed by atoms with Gasteiger partial charge in [-0.2, -0.15) is 0 Å². The van der Waals surface area contributed by atoms with Gasteiger partial charge in [-0.15, -0.1) is 0 Å². The minimum Gasteiger partial charge on any atom is -0.490 e. The van der Waals surface area contributed by atoms with E-state index in [4.69, 9.17) is 15.2 Å². The summed E-state index contributed by atoms with van der Waals surface area (Å²) in [7, 11) is 0. The van der Waals surface area contributed by atoms with Gasteiger partial charge in [0.2, 0.25) is 0 Å². The van der Waals surface area contributed by atoms with E-state index >= 15 is 0 Å². The molecule has 0 radical (unpaired) electrons. The van der Waals surface area contributed by atoms with Gasteiger partial charge >= 0.3 is 0 Å². The lowest BCUT2D eigenvalue weighted by Crippen LogP contribution is -2.11. The predicted octanol–water partition coefficient (Wildman–Crippen LogP) is 2.08. The average molecular weight is 263 g/mol. The maximum atomic E-state index is 13.6. The summed E-state index contributed by atoms with van der Waals surface area (Å²) in [6, 6.07) is 4.58. The Labute approximate surface area is 112 Å². The van der Waals surface area contributed by atoms with Crippen molar-refractivity contribution in [2.75, 3.05) is 19.8 Å². The highest BCUT2D eigenvalue weighted by molar-refractivity contribution is 5.40. The van der Waals surface area contributed by atoms with Crippen LogP contribution in [0.5, 0.6) is 5.75 Å². The van der Waals surface area contributed by atoms with Gasteiger partial charge in [-0.1, -0.05) is 11.8 Å². The number of ether oxygens (including phenoxy) is 2. The Morgan fingerprint density at radius 3 is 3.11 bits per heavy atom. The molecule has 1 aromatic carbocycles. The lowest BCUT2D eigenvalue weighted by atomic mass is 10.2. The van der Waals surface area contributed by atoms with Crippen molar-refractivity contribution in [3.8, 4) is 17.6 Å². The van der Waals surface area contributed by atoms with Crippen molar-refractivity contribution in [3.63, 3.8) is 0 Å². The number of rotatable bonds is 4. The summed E-state index contributed by atoms with van der Waals surface area (Å²) in [5.74, 6) is 5.46. The number of halogens is 1. The van der Waals surface area contributed by atoms with E-state index in [0.717, 1.165) is 25.9 Å². The largest absolute Gasteiger partial charge is 0.490 e. The Morgan fingerprint density at radius 1 is 1.47 bits per heavy atom. The smallest absolute Gasteiger partial charge is 0.165 e. The molecule has 0 aromatic heterocycles. The number of hydrogen-bond donors (Lipinski definition) is 1. The van der Waals surface area contributed by atoms with Crippen LogP contribution in [0.25, 0.3) is 0 Å². The molecule has 2 N–H and O–H groups in total. The molecule has 0 amide bonds. The molecule has 1 atom stereocenters. The topological polar surface area (TPSA) is 44.5 Å². The fourth-order valence-electron chi connectivity index (χ4n) is 2.02. The van der Waals surface area contributed by atoms with Gasteiger partial charge in [-0.3, -0.25) is 0 Å². The molecule has 1 aliphatic rings. The Kier molecular flexibility index (Phi) is 5.20. The third-order valence-corrected chi connectivity index (χ3v) is 2.99. The molecule has 0 aliphatic carbocycles. The SMILES string of the molecule is NCC#Cc1ccc(F)c(OCCC2CCCO2)c1. The first-order chi connectivity index (χ1) is 9.29. The number of nitrogens with two attached hydrogens (primary N) is 1. The van der Waals surface area contributed by atoms with Crippen molar-refractivity contribution < 1.29 is 13.9 Å². The zero-order valence-corrected chi connectivity index (χ0v) is 10.8. The summed E-state index contributed by atoms with van der Waals surface area (Å²) >= 11 is 0. The minimum atomic E-state index is -0.370. The Bertz CT molecular complexity index is 473. The molecule has 1 fully saturated rings. The maximum Gasteiger partial charge on any atom is 0.165 e. The van der Waals surface area contributed by atoms with Crippen LogP contribution in [0.15, 0.2) is 18.2 Å². The van der Waals surface area contributed by atoms with Gasteiger partial charge in [0.1, 0.15) is 0 Å². The highest BCUT2D eigenvalue weighted by Gasteiger charge is 2.15. The monoisotopic (exact) mass is 263 g/mol. The molecule has 0 spiro atoms. The summed E-state index contributed by atoms with van der Waals surface area (Å²) in [5, 5.41) is 0. The van der Waals surface area contributed by atoms with Gasteiger partial charge in [-0.05, 0) is 31.0 Å². The van der Waals surface area contributed by atoms with Crippen LogP contribution in [-0.4, -0.2) is 25.9 Å². The quantitative estimate of drug-likeness (QED) is 0.846. The lowest BCUT2D eigenvalue weighted by Gasteiger charge is -2.11. The standard InChI is InChI=1S/C15H18FNO2/c16-14-6-5-12(3-1-8-17)11-15(14)19-10-7-13-4-2-9-18-13/h5-6,11,13H,2,4,7-10,17H2. The molecular weight excluding hydrogens is 245 g/mol. The Hall–Kier alpha value is -1.57. The summed E-state index contributed by atoms with van der Waals surface area (Å²) in [6.07, 6.45) is 3.21. The number of hydrogen-bond acceptors (Lipinski definition) is 3. The molecule has 0 saturated carbocycles. The van der Waals surface area contributed by atoms with E-state index in [1.54, 1.807) is 12.1 Å². The first-order valence-electron chi connectivity index (χ1n) is 6.52. The third kappa shape index (κ3) is 4.23. The summed E-state index contributed by atoms with van der Waals surface area (Å²) in [6.45, 7) is 1.56. The van der Waals surface area contributed by atoms with Gasteiger partial charge in [0.15, 0.2) is 11.6 Å². The second-order valence-electron chi connectivity index (χ2n) is 4.42. The molecule has 19 heavy (non-hydrogen) atoms. The van der Waals surface area contributed by atoms with E-state index in [2.05, 4.69) is 11.8 Å². The van der Waals surface area contributed by atoms with E-state index in [1.807, 2.05) is 0 Å². The van der Waals surface area contributed by atoms with Gasteiger partial charge < -0.3 is 15.2 Å². The molecular formula is C15H18FNO2. The van der Waals surface area contributed by atoms with Crippen molar-refractivity contribution >= 4 is 0 Å². The van der Waals surface area contributed by atoms with Crippen molar-refractivity contribution in [1.29, 1.82) is 0 Å². The highest BCUT2D eigenvalue weighted by atomic mass is 19.1. The van der Waals surface area contributed by atoms with Crippen LogP contribution in [0.2, 0.25) is 0 Å². The van der Waals surface area contributed by atoms with Gasteiger partial charge in [0, 0.05) is 18.6 Å². The van der Waals surface area contributed by atoms with Gasteiger partial charge in [0.05, 0.1) is 19.3 Å². The second kappa shape index (κ2) is 7.13. The first-order valence-corrected chi connectivity index (χ1v) is 6.52. The molecule has 4 heteroatoms. The molecule has 1 aromatic rings. The maximum absolute atomic E-state index is 13.6. The van der Waals surface area contributed by atoms with E-state index in [9.17, 15) is 4.39 Å². The van der Waals surface area contributed by atoms with Crippen molar-refractivity contribution in [2.45, 2.75) is 25.4 Å². The van der Waals surface area contributed by atoms with E-state index < -0.39 is 0 Å². The van der Waals surface area contributed by atoms with Crippen LogP contribution in [0.4, 0.5) is 4.39 Å². The van der Waals surface area contributed by atoms with Crippen LogP contribution in [0.1, 0.15) is 24.8 Å². The molecule has 3 nitrogen and oxygen atoms in total. The lowest BCUT2D eigenvalue weighted by molar-refractivity contribution is 0.0897. The number of benzene rings is 1. The van der Waals surface area contributed by atoms with Crippen molar-refractivity contribution in [1.82, 2.24) is 0 Å². The summed E-state index contributed by atoms with van der Waals surface area (Å²) < 4.78 is 24.5. The molecule has 2 rings (SSSR count). The zero-order valence-electron chi connectivity index (χ0n) is 10.8. The molecule has 0 bridgehead atoms. The molecule has 1 unspecified atom stereocenters. The van der Waals surface area contributed by atoms with Crippen LogP contribution in [0.3, 0.4) is 0 Å². The van der Waals surface area contributed by atoms with Crippen LogP contribution in [-0.2, 0) is 4.74 Å². The molecule has 1 saturated heterocycles. The van der Waals surface area contributed by atoms with Gasteiger partial charge in [0.25, 0.3) is 0 Å². The fraction of sp³-hybridized carbons (Fsp3) is 0.467. The third-order valence-electron chi connectivity index (χ3n) is 2.99. The molecule has 102 valence electrons. The minimum absolute atomic E-state index is 0.238. The van der Waals surface area contributed by atoms with E-state index in [-0.39, 0.29) is 24.2 Å². The molecule has 1 aliphatic heterocycles. The predicted molar refractivity (Wildman–Crippen MR) is 71.4 cm³/mol. The van der Waals surface area contributed by atoms with Crippen molar-refractivity contribution in [3.05, 3.63) is 29.6 Å². The van der Waals surface area contributed by atoms with E-state index in [0.29, 0.717) is 12.2 Å². The van der Waals surface area contributed by atoms with Crippen LogP contribution >= 0.6 is 0 Å². The van der Waals surface area contributed by atoms with Crippen LogP contribution < -0.4 is 10.5 Å². The summed E-state index contributed by atoms with van der Waals surface area (Å²) in [4.78, 5) is 0. The average Bonchev–Trinajstić information content (AvgIpc) is 2.92. The van der Waals surface area contributed by atoms with Gasteiger partial charge in [-0.25, -0.2) is 4.39 Å². The Morgan fingerprint density at radius 2 is 2.37 bits per heavy atom. The van der Waals surface area contributed by atoms with Crippen LogP contribution in [0, 0.1) is 17.7 Å². The highest BCUT2D eigenvalue weighted by Crippen LogP contribution is 2.20. The molecule has 1 heterocycles. The zero-order chi connectivity index (χ0) is 13.5. The fourth-order valence-corrected chi connectivity index (χ4v) is 2.02. The first kappa shape index (κ1) is 13.9. The van der Waals surface area contributed by atoms with Crippen molar-refractivity contribution in [2.24, 2.45) is 5.73 Å².